The third kappa shape index (κ3) is 3.67. The number of rotatable bonds is 5. The SMILES string of the molecule is C[C@H]1C[C@@H]1c1ccc(CCC(=O)N2CCN(c3cnccn3)CC2)o1. The molecule has 2 aliphatic rings. The number of aryl methyl sites for hydroxylation is 1. The number of piperazine rings is 1. The van der Waals surface area contributed by atoms with Crippen molar-refractivity contribution in [3.63, 3.8) is 0 Å². The lowest BCUT2D eigenvalue weighted by Gasteiger charge is -2.35. The highest BCUT2D eigenvalue weighted by Crippen LogP contribution is 2.47. The summed E-state index contributed by atoms with van der Waals surface area (Å²) in [6.45, 7) is 5.32. The fourth-order valence-corrected chi connectivity index (χ4v) is 3.47. The molecule has 2 fully saturated rings. The maximum Gasteiger partial charge on any atom is 0.223 e. The highest BCUT2D eigenvalue weighted by atomic mass is 16.3. The monoisotopic (exact) mass is 340 g/mol. The molecule has 1 amide bonds. The van der Waals surface area contributed by atoms with Crippen molar-refractivity contribution in [1.29, 1.82) is 0 Å². The molecule has 1 saturated heterocycles. The Morgan fingerprint density at radius 1 is 1.24 bits per heavy atom. The molecule has 0 bridgehead atoms. The minimum absolute atomic E-state index is 0.205. The van der Waals surface area contributed by atoms with Gasteiger partial charge in [-0.25, -0.2) is 4.98 Å². The largest absolute Gasteiger partial charge is 0.466 e. The zero-order valence-electron chi connectivity index (χ0n) is 14.6. The molecule has 6 heteroatoms. The Bertz CT molecular complexity index is 722. The molecule has 4 rings (SSSR count). The van der Waals surface area contributed by atoms with Gasteiger partial charge in [-0.15, -0.1) is 0 Å². The Morgan fingerprint density at radius 2 is 2.04 bits per heavy atom. The Kier molecular flexibility index (Phi) is 4.42. The van der Waals surface area contributed by atoms with E-state index in [1.165, 1.54) is 6.42 Å². The zero-order chi connectivity index (χ0) is 17.2. The molecule has 1 aliphatic carbocycles. The average molecular weight is 340 g/mol. The summed E-state index contributed by atoms with van der Waals surface area (Å²) in [6, 6.07) is 4.10. The number of hydrogen-bond donors (Lipinski definition) is 0. The van der Waals surface area contributed by atoms with Crippen LogP contribution in [0.25, 0.3) is 0 Å². The number of hydrogen-bond acceptors (Lipinski definition) is 5. The van der Waals surface area contributed by atoms with E-state index in [1.54, 1.807) is 18.6 Å². The number of furan rings is 1. The van der Waals surface area contributed by atoms with E-state index >= 15 is 0 Å². The molecule has 0 spiro atoms. The van der Waals surface area contributed by atoms with Gasteiger partial charge in [-0.2, -0.15) is 0 Å². The minimum Gasteiger partial charge on any atom is -0.466 e. The van der Waals surface area contributed by atoms with Gasteiger partial charge in [-0.05, 0) is 24.5 Å². The van der Waals surface area contributed by atoms with Crippen molar-refractivity contribution < 1.29 is 9.21 Å². The number of nitrogens with zero attached hydrogens (tertiary/aromatic N) is 4. The van der Waals surface area contributed by atoms with Gasteiger partial charge in [-0.1, -0.05) is 6.92 Å². The highest BCUT2D eigenvalue weighted by molar-refractivity contribution is 5.76. The van der Waals surface area contributed by atoms with Crippen LogP contribution >= 0.6 is 0 Å². The van der Waals surface area contributed by atoms with E-state index in [1.807, 2.05) is 11.0 Å². The first-order valence-electron chi connectivity index (χ1n) is 9.08. The van der Waals surface area contributed by atoms with Gasteiger partial charge in [0.25, 0.3) is 0 Å². The van der Waals surface area contributed by atoms with Crippen molar-refractivity contribution in [2.24, 2.45) is 5.92 Å². The predicted molar refractivity (Wildman–Crippen MR) is 94.4 cm³/mol. The molecule has 0 radical (unpaired) electrons. The Hall–Kier alpha value is -2.37. The van der Waals surface area contributed by atoms with Gasteiger partial charge in [0.2, 0.25) is 5.91 Å². The second-order valence-electron chi connectivity index (χ2n) is 7.06. The Balaban J connectivity index is 1.24. The number of anilines is 1. The fourth-order valence-electron chi connectivity index (χ4n) is 3.47. The second kappa shape index (κ2) is 6.86. The van der Waals surface area contributed by atoms with E-state index in [2.05, 4.69) is 27.9 Å². The van der Waals surface area contributed by atoms with Gasteiger partial charge in [0, 0.05) is 57.3 Å². The molecule has 25 heavy (non-hydrogen) atoms. The maximum absolute atomic E-state index is 12.5. The second-order valence-corrected chi connectivity index (χ2v) is 7.06. The van der Waals surface area contributed by atoms with Crippen LogP contribution in [0.4, 0.5) is 5.82 Å². The van der Waals surface area contributed by atoms with Gasteiger partial charge in [0.1, 0.15) is 17.3 Å². The Labute approximate surface area is 147 Å². The van der Waals surface area contributed by atoms with Crippen LogP contribution in [-0.4, -0.2) is 47.0 Å². The van der Waals surface area contributed by atoms with Crippen LogP contribution in [0.2, 0.25) is 0 Å². The molecule has 0 aromatic carbocycles. The van der Waals surface area contributed by atoms with E-state index < -0.39 is 0 Å². The van der Waals surface area contributed by atoms with E-state index in [0.717, 1.165) is 49.4 Å². The van der Waals surface area contributed by atoms with Gasteiger partial charge < -0.3 is 14.2 Å². The lowest BCUT2D eigenvalue weighted by atomic mass is 10.2. The van der Waals surface area contributed by atoms with Crippen molar-refractivity contribution in [1.82, 2.24) is 14.9 Å². The molecule has 6 nitrogen and oxygen atoms in total. The molecule has 2 aromatic rings. The molecular weight excluding hydrogens is 316 g/mol. The molecule has 1 saturated carbocycles. The number of carbonyl (C=O) groups is 1. The van der Waals surface area contributed by atoms with E-state index in [9.17, 15) is 4.79 Å². The van der Waals surface area contributed by atoms with Gasteiger partial charge >= 0.3 is 0 Å². The van der Waals surface area contributed by atoms with Crippen molar-refractivity contribution >= 4 is 11.7 Å². The summed E-state index contributed by atoms with van der Waals surface area (Å²) in [4.78, 5) is 25.0. The standard InChI is InChI=1S/C19H24N4O2/c1-14-12-16(14)17-4-2-15(25-17)3-5-19(24)23-10-8-22(9-11-23)18-13-20-6-7-21-18/h2,4,6-7,13-14,16H,3,5,8-12H2,1H3/t14-,16-/m0/s1. The summed E-state index contributed by atoms with van der Waals surface area (Å²) in [5.74, 6) is 4.45. The smallest absolute Gasteiger partial charge is 0.223 e. The van der Waals surface area contributed by atoms with Crippen LogP contribution in [0.5, 0.6) is 0 Å². The van der Waals surface area contributed by atoms with Crippen molar-refractivity contribution in [3.8, 4) is 0 Å². The Morgan fingerprint density at radius 3 is 2.72 bits per heavy atom. The van der Waals surface area contributed by atoms with E-state index in [-0.39, 0.29) is 5.91 Å². The molecule has 132 valence electrons. The maximum atomic E-state index is 12.5. The third-order valence-corrected chi connectivity index (χ3v) is 5.25. The number of amides is 1. The fraction of sp³-hybridized carbons (Fsp3) is 0.526. The van der Waals surface area contributed by atoms with Crippen LogP contribution < -0.4 is 4.90 Å². The summed E-state index contributed by atoms with van der Waals surface area (Å²) in [6.07, 6.45) is 7.57. The molecule has 1 aliphatic heterocycles. The first kappa shape index (κ1) is 16.1. The van der Waals surface area contributed by atoms with Gasteiger partial charge in [0.05, 0.1) is 6.20 Å². The quantitative estimate of drug-likeness (QED) is 0.837. The normalized spacial score (nSPS) is 22.9. The first-order chi connectivity index (χ1) is 12.2. The predicted octanol–water partition coefficient (Wildman–Crippen LogP) is 2.47. The molecule has 2 atom stereocenters. The lowest BCUT2D eigenvalue weighted by Crippen LogP contribution is -2.49. The average Bonchev–Trinajstić information content (AvgIpc) is 3.20. The van der Waals surface area contributed by atoms with Crippen LogP contribution in [0.15, 0.2) is 35.1 Å². The summed E-state index contributed by atoms with van der Waals surface area (Å²) in [7, 11) is 0. The molecule has 0 unspecified atom stereocenters. The van der Waals surface area contributed by atoms with Crippen LogP contribution in [0.3, 0.4) is 0 Å². The molecular formula is C19H24N4O2. The number of carbonyl (C=O) groups excluding carboxylic acids is 1. The molecule has 3 heterocycles. The van der Waals surface area contributed by atoms with Crippen molar-refractivity contribution in [3.05, 3.63) is 42.2 Å². The summed E-state index contributed by atoms with van der Waals surface area (Å²) in [5.41, 5.74) is 0. The van der Waals surface area contributed by atoms with E-state index in [0.29, 0.717) is 18.8 Å². The van der Waals surface area contributed by atoms with Crippen molar-refractivity contribution in [2.45, 2.75) is 32.1 Å². The summed E-state index contributed by atoms with van der Waals surface area (Å²) < 4.78 is 5.90. The lowest BCUT2D eigenvalue weighted by molar-refractivity contribution is -0.131. The van der Waals surface area contributed by atoms with E-state index in [4.69, 9.17) is 4.42 Å². The first-order valence-corrected chi connectivity index (χ1v) is 9.08. The van der Waals surface area contributed by atoms with Gasteiger partial charge in [0.15, 0.2) is 0 Å². The topological polar surface area (TPSA) is 62.5 Å². The molecule has 0 N–H and O–H groups in total. The van der Waals surface area contributed by atoms with Crippen molar-refractivity contribution in [2.75, 3.05) is 31.1 Å². The van der Waals surface area contributed by atoms with Crippen LogP contribution in [0.1, 0.15) is 37.2 Å². The van der Waals surface area contributed by atoms with Crippen LogP contribution in [-0.2, 0) is 11.2 Å². The minimum atomic E-state index is 0.205. The summed E-state index contributed by atoms with van der Waals surface area (Å²) in [5, 5.41) is 0. The summed E-state index contributed by atoms with van der Waals surface area (Å²) >= 11 is 0. The third-order valence-electron chi connectivity index (χ3n) is 5.25. The van der Waals surface area contributed by atoms with Gasteiger partial charge in [-0.3, -0.25) is 9.78 Å². The highest BCUT2D eigenvalue weighted by Gasteiger charge is 2.36. The molecule has 2 aromatic heterocycles. The number of aromatic nitrogens is 2. The van der Waals surface area contributed by atoms with Crippen LogP contribution in [0, 0.1) is 5.92 Å². The zero-order valence-corrected chi connectivity index (χ0v) is 14.6.